The number of aromatic nitrogens is 1. The summed E-state index contributed by atoms with van der Waals surface area (Å²) in [7, 11) is 0. The molecule has 0 saturated carbocycles. The maximum Gasteiger partial charge on any atom is 0.263 e. The summed E-state index contributed by atoms with van der Waals surface area (Å²) in [5.41, 5.74) is 2.10. The van der Waals surface area contributed by atoms with E-state index in [-0.39, 0.29) is 11.3 Å². The summed E-state index contributed by atoms with van der Waals surface area (Å²) in [6, 6.07) is 11.6. The number of nitrogens with zero attached hydrogens (tertiary/aromatic N) is 1. The summed E-state index contributed by atoms with van der Waals surface area (Å²) in [5.74, 6) is -2.26. The molecular weight excluding hydrogens is 350 g/mol. The average molecular weight is 368 g/mol. The second-order valence-corrected chi connectivity index (χ2v) is 6.36. The summed E-state index contributed by atoms with van der Waals surface area (Å²) in [4.78, 5) is 25.1. The normalized spacial score (nSPS) is 10.7. The molecule has 0 aliphatic rings. The fourth-order valence-electron chi connectivity index (χ4n) is 2.77. The Balaban J connectivity index is 1.90. The Morgan fingerprint density at radius 3 is 2.63 bits per heavy atom. The highest BCUT2D eigenvalue weighted by molar-refractivity contribution is 6.04. The maximum absolute atomic E-state index is 13.7. The summed E-state index contributed by atoms with van der Waals surface area (Å²) >= 11 is 0. The Morgan fingerprint density at radius 2 is 1.85 bits per heavy atom. The number of carbonyl (C=O) groups is 1. The molecule has 6 heteroatoms. The van der Waals surface area contributed by atoms with Gasteiger partial charge in [0.1, 0.15) is 17.2 Å². The van der Waals surface area contributed by atoms with Gasteiger partial charge in [0.15, 0.2) is 0 Å². The summed E-state index contributed by atoms with van der Waals surface area (Å²) in [5, 5.41) is 2.25. The van der Waals surface area contributed by atoms with Crippen molar-refractivity contribution in [1.29, 1.82) is 0 Å². The van der Waals surface area contributed by atoms with Crippen LogP contribution in [0.15, 0.2) is 59.5 Å². The summed E-state index contributed by atoms with van der Waals surface area (Å²) in [6.45, 7) is 4.22. The molecule has 0 saturated heterocycles. The zero-order valence-electron chi connectivity index (χ0n) is 14.9. The molecule has 1 aromatic heterocycles. The summed E-state index contributed by atoms with van der Waals surface area (Å²) in [6.07, 6.45) is 1.59. The summed E-state index contributed by atoms with van der Waals surface area (Å²) < 4.78 is 28.4. The molecule has 1 N–H and O–H groups in total. The van der Waals surface area contributed by atoms with Crippen molar-refractivity contribution in [1.82, 2.24) is 4.57 Å². The topological polar surface area (TPSA) is 51.1 Å². The van der Waals surface area contributed by atoms with Crippen molar-refractivity contribution in [2.24, 2.45) is 0 Å². The van der Waals surface area contributed by atoms with E-state index in [0.717, 1.165) is 34.9 Å². The van der Waals surface area contributed by atoms with Gasteiger partial charge in [0.2, 0.25) is 0 Å². The van der Waals surface area contributed by atoms with E-state index in [0.29, 0.717) is 6.54 Å². The highest BCUT2D eigenvalue weighted by atomic mass is 19.1. The van der Waals surface area contributed by atoms with Crippen LogP contribution in [0.5, 0.6) is 0 Å². The van der Waals surface area contributed by atoms with Gasteiger partial charge in [-0.3, -0.25) is 9.59 Å². The number of hydrogen-bond donors (Lipinski definition) is 1. The second kappa shape index (κ2) is 7.53. The van der Waals surface area contributed by atoms with Gasteiger partial charge < -0.3 is 9.88 Å². The Kier molecular flexibility index (Phi) is 5.16. The smallest absolute Gasteiger partial charge is 0.263 e. The van der Waals surface area contributed by atoms with Crippen molar-refractivity contribution in [3.05, 3.63) is 99.0 Å². The molecule has 1 heterocycles. The monoisotopic (exact) mass is 368 g/mol. The third kappa shape index (κ3) is 4.11. The lowest BCUT2D eigenvalue weighted by Crippen LogP contribution is -2.29. The zero-order valence-corrected chi connectivity index (χ0v) is 14.9. The first-order chi connectivity index (χ1) is 12.8. The molecule has 0 spiro atoms. The first kappa shape index (κ1) is 18.5. The van der Waals surface area contributed by atoms with Gasteiger partial charge in [-0.2, -0.15) is 0 Å². The van der Waals surface area contributed by atoms with Gasteiger partial charge >= 0.3 is 0 Å². The Labute approximate surface area is 155 Å². The van der Waals surface area contributed by atoms with Gasteiger partial charge in [-0.15, -0.1) is 0 Å². The number of carbonyl (C=O) groups excluding carboxylic acids is 1. The predicted octanol–water partition coefficient (Wildman–Crippen LogP) is 4.04. The third-order valence-electron chi connectivity index (χ3n) is 4.29. The number of nitrogens with one attached hydrogen (secondary N) is 1. The zero-order chi connectivity index (χ0) is 19.6. The van der Waals surface area contributed by atoms with E-state index in [1.54, 1.807) is 12.3 Å². The molecule has 2 aromatic carbocycles. The molecule has 0 radical (unpaired) electrons. The molecule has 3 rings (SSSR count). The number of hydrogen-bond acceptors (Lipinski definition) is 2. The van der Waals surface area contributed by atoms with Crippen molar-refractivity contribution in [2.45, 2.75) is 20.4 Å². The Morgan fingerprint density at radius 1 is 1.07 bits per heavy atom. The molecule has 0 aliphatic carbocycles. The van der Waals surface area contributed by atoms with Gasteiger partial charge in [-0.25, -0.2) is 8.78 Å². The lowest BCUT2D eigenvalue weighted by atomic mass is 10.1. The molecule has 0 fully saturated rings. The lowest BCUT2D eigenvalue weighted by Gasteiger charge is -2.11. The molecule has 0 bridgehead atoms. The molecule has 0 aliphatic heterocycles. The standard InChI is InChI=1S/C21H18F2N2O2/c1-13-5-6-14(2)15(10-13)12-25-9-3-4-17(21(25)27)20(26)24-19-11-16(22)7-8-18(19)23/h3-11H,12H2,1-2H3,(H,24,26). The fourth-order valence-corrected chi connectivity index (χ4v) is 2.77. The first-order valence-electron chi connectivity index (χ1n) is 8.37. The van der Waals surface area contributed by atoms with E-state index in [9.17, 15) is 18.4 Å². The molecule has 138 valence electrons. The number of anilines is 1. The van der Waals surface area contributed by atoms with Crippen LogP contribution in [-0.4, -0.2) is 10.5 Å². The highest BCUT2D eigenvalue weighted by Gasteiger charge is 2.15. The average Bonchev–Trinajstić information content (AvgIpc) is 2.63. The highest BCUT2D eigenvalue weighted by Crippen LogP contribution is 2.16. The van der Waals surface area contributed by atoms with E-state index in [1.807, 2.05) is 32.0 Å². The predicted molar refractivity (Wildman–Crippen MR) is 100 cm³/mol. The molecule has 0 atom stereocenters. The minimum absolute atomic E-state index is 0.147. The van der Waals surface area contributed by atoms with Crippen LogP contribution in [0.2, 0.25) is 0 Å². The van der Waals surface area contributed by atoms with Crippen molar-refractivity contribution >= 4 is 11.6 Å². The largest absolute Gasteiger partial charge is 0.319 e. The molecular formula is C21H18F2N2O2. The van der Waals surface area contributed by atoms with Gasteiger partial charge in [-0.1, -0.05) is 23.8 Å². The van der Waals surface area contributed by atoms with Gasteiger partial charge in [-0.05, 0) is 49.2 Å². The number of benzene rings is 2. The van der Waals surface area contributed by atoms with Crippen molar-refractivity contribution < 1.29 is 13.6 Å². The molecule has 27 heavy (non-hydrogen) atoms. The maximum atomic E-state index is 13.7. The number of aryl methyl sites for hydroxylation is 2. The second-order valence-electron chi connectivity index (χ2n) is 6.36. The van der Waals surface area contributed by atoms with Crippen LogP contribution in [0.25, 0.3) is 0 Å². The SMILES string of the molecule is Cc1ccc(C)c(Cn2cccc(C(=O)Nc3cc(F)ccc3F)c2=O)c1. The van der Waals surface area contributed by atoms with E-state index in [2.05, 4.69) is 5.32 Å². The van der Waals surface area contributed by atoms with Crippen molar-refractivity contribution in [3.63, 3.8) is 0 Å². The van der Waals surface area contributed by atoms with Crippen LogP contribution in [-0.2, 0) is 6.54 Å². The van der Waals surface area contributed by atoms with Crippen LogP contribution >= 0.6 is 0 Å². The van der Waals surface area contributed by atoms with Crippen LogP contribution in [0.4, 0.5) is 14.5 Å². The number of rotatable bonds is 4. The van der Waals surface area contributed by atoms with Crippen LogP contribution < -0.4 is 10.9 Å². The quantitative estimate of drug-likeness (QED) is 0.756. The minimum Gasteiger partial charge on any atom is -0.319 e. The van der Waals surface area contributed by atoms with E-state index in [1.165, 1.54) is 10.6 Å². The fraction of sp³-hybridized carbons (Fsp3) is 0.143. The van der Waals surface area contributed by atoms with E-state index < -0.39 is 23.1 Å². The van der Waals surface area contributed by atoms with Gasteiger partial charge in [0.25, 0.3) is 11.5 Å². The van der Waals surface area contributed by atoms with Crippen LogP contribution in [0.1, 0.15) is 27.0 Å². The van der Waals surface area contributed by atoms with Crippen molar-refractivity contribution in [3.8, 4) is 0 Å². The minimum atomic E-state index is -0.792. The molecule has 1 amide bonds. The lowest BCUT2D eigenvalue weighted by molar-refractivity contribution is 0.102. The number of halogens is 2. The van der Waals surface area contributed by atoms with Crippen LogP contribution in [0.3, 0.4) is 0 Å². The van der Waals surface area contributed by atoms with Gasteiger partial charge in [0, 0.05) is 12.3 Å². The van der Waals surface area contributed by atoms with Crippen LogP contribution in [0, 0.1) is 25.5 Å². The van der Waals surface area contributed by atoms with E-state index in [4.69, 9.17) is 0 Å². The molecule has 3 aromatic rings. The number of pyridine rings is 1. The first-order valence-corrected chi connectivity index (χ1v) is 8.37. The number of amides is 1. The Hall–Kier alpha value is -3.28. The Bertz CT molecular complexity index is 1070. The van der Waals surface area contributed by atoms with E-state index >= 15 is 0 Å². The van der Waals surface area contributed by atoms with Crippen molar-refractivity contribution in [2.75, 3.05) is 5.32 Å². The molecule has 4 nitrogen and oxygen atoms in total. The molecule has 0 unspecified atom stereocenters. The third-order valence-corrected chi connectivity index (χ3v) is 4.29. The van der Waals surface area contributed by atoms with Gasteiger partial charge in [0.05, 0.1) is 12.2 Å².